The van der Waals surface area contributed by atoms with Crippen LogP contribution in [0.15, 0.2) is 48.7 Å². The second kappa shape index (κ2) is 6.41. The summed E-state index contributed by atoms with van der Waals surface area (Å²) < 4.78 is 15.7. The minimum absolute atomic E-state index is 0.302. The van der Waals surface area contributed by atoms with E-state index in [2.05, 4.69) is 21.0 Å². The Balaban J connectivity index is 2.12. The van der Waals surface area contributed by atoms with Crippen LogP contribution in [0.25, 0.3) is 16.9 Å². The first-order valence-corrected chi connectivity index (χ1v) is 8.32. The molecular weight excluding hydrogens is 390 g/mol. The van der Waals surface area contributed by atoms with E-state index in [-0.39, 0.29) is 5.82 Å². The van der Waals surface area contributed by atoms with E-state index in [1.807, 2.05) is 12.3 Å². The lowest BCUT2D eigenvalue weighted by atomic mass is 10.1. The maximum absolute atomic E-state index is 14.0. The fourth-order valence-corrected chi connectivity index (χ4v) is 2.85. The van der Waals surface area contributed by atoms with E-state index in [0.717, 1.165) is 11.3 Å². The molecule has 6 heteroatoms. The molecule has 22 heavy (non-hydrogen) atoms. The molecule has 0 aliphatic rings. The average molecular weight is 400 g/mol. The summed E-state index contributed by atoms with van der Waals surface area (Å²) in [5, 5.41) is 5.99. The van der Waals surface area contributed by atoms with Crippen LogP contribution in [-0.2, 0) is 5.33 Å². The predicted molar refractivity (Wildman–Crippen MR) is 91.6 cm³/mol. The number of aromatic nitrogens is 2. The van der Waals surface area contributed by atoms with Crippen molar-refractivity contribution in [2.45, 2.75) is 5.33 Å². The van der Waals surface area contributed by atoms with Gasteiger partial charge in [-0.05, 0) is 30.3 Å². The molecule has 0 N–H and O–H groups in total. The van der Waals surface area contributed by atoms with Crippen LogP contribution < -0.4 is 0 Å². The third-order valence-corrected chi connectivity index (χ3v) is 4.57. The zero-order valence-electron chi connectivity index (χ0n) is 11.2. The van der Waals surface area contributed by atoms with E-state index in [0.29, 0.717) is 26.6 Å². The Morgan fingerprint density at radius 3 is 2.55 bits per heavy atom. The van der Waals surface area contributed by atoms with Crippen molar-refractivity contribution in [2.24, 2.45) is 0 Å². The predicted octanol–water partition coefficient (Wildman–Crippen LogP) is 5.88. The van der Waals surface area contributed by atoms with Crippen LogP contribution in [0, 0.1) is 5.82 Å². The highest BCUT2D eigenvalue weighted by atomic mass is 79.9. The van der Waals surface area contributed by atoms with E-state index >= 15 is 0 Å². The van der Waals surface area contributed by atoms with Crippen molar-refractivity contribution in [1.29, 1.82) is 0 Å². The second-order valence-electron chi connectivity index (χ2n) is 4.66. The Morgan fingerprint density at radius 2 is 1.86 bits per heavy atom. The summed E-state index contributed by atoms with van der Waals surface area (Å²) in [6.45, 7) is 0. The van der Waals surface area contributed by atoms with Crippen molar-refractivity contribution in [3.05, 3.63) is 70.1 Å². The van der Waals surface area contributed by atoms with Gasteiger partial charge in [-0.15, -0.1) is 0 Å². The van der Waals surface area contributed by atoms with Gasteiger partial charge < -0.3 is 0 Å². The van der Waals surface area contributed by atoms with Crippen molar-refractivity contribution in [1.82, 2.24) is 9.78 Å². The normalized spacial score (nSPS) is 10.9. The van der Waals surface area contributed by atoms with E-state index in [4.69, 9.17) is 23.2 Å². The maximum Gasteiger partial charge on any atom is 0.132 e. The van der Waals surface area contributed by atoms with Crippen molar-refractivity contribution in [2.75, 3.05) is 0 Å². The van der Waals surface area contributed by atoms with Crippen LogP contribution in [0.2, 0.25) is 10.0 Å². The summed E-state index contributed by atoms with van der Waals surface area (Å²) in [6.07, 6.45) is 1.84. The molecule has 0 radical (unpaired) electrons. The molecule has 2 aromatic carbocycles. The number of hydrogen-bond donors (Lipinski definition) is 0. The molecule has 0 saturated heterocycles. The number of nitrogens with zero attached hydrogens (tertiary/aromatic N) is 2. The standard InChI is InChI=1S/C16H10BrCl2FN2/c17-8-10-9-22(11-5-6-13(18)14(19)7-11)21-16(10)12-3-1-2-4-15(12)20/h1-7,9H,8H2. The largest absolute Gasteiger partial charge is 0.240 e. The van der Waals surface area contributed by atoms with Crippen molar-refractivity contribution >= 4 is 39.1 Å². The fourth-order valence-electron chi connectivity index (χ4n) is 2.15. The quantitative estimate of drug-likeness (QED) is 0.503. The average Bonchev–Trinajstić information content (AvgIpc) is 2.94. The van der Waals surface area contributed by atoms with Gasteiger partial charge >= 0.3 is 0 Å². The Morgan fingerprint density at radius 1 is 1.09 bits per heavy atom. The molecule has 3 aromatic rings. The fraction of sp³-hybridized carbons (Fsp3) is 0.0625. The van der Waals surface area contributed by atoms with Gasteiger partial charge in [-0.1, -0.05) is 51.3 Å². The van der Waals surface area contributed by atoms with Crippen LogP contribution >= 0.6 is 39.1 Å². The summed E-state index contributed by atoms with van der Waals surface area (Å²) >= 11 is 15.4. The second-order valence-corrected chi connectivity index (χ2v) is 6.03. The van der Waals surface area contributed by atoms with Crippen molar-refractivity contribution in [3.8, 4) is 16.9 Å². The molecule has 0 fully saturated rings. The Labute approximate surface area is 145 Å². The van der Waals surface area contributed by atoms with Crippen LogP contribution in [0.4, 0.5) is 4.39 Å². The van der Waals surface area contributed by atoms with Gasteiger partial charge in [0.1, 0.15) is 5.82 Å². The van der Waals surface area contributed by atoms with Gasteiger partial charge in [0, 0.05) is 22.7 Å². The first-order valence-electron chi connectivity index (χ1n) is 6.45. The molecule has 0 spiro atoms. The van der Waals surface area contributed by atoms with Gasteiger partial charge in [-0.2, -0.15) is 5.10 Å². The molecule has 2 nitrogen and oxygen atoms in total. The third-order valence-electron chi connectivity index (χ3n) is 3.23. The first-order chi connectivity index (χ1) is 10.6. The summed E-state index contributed by atoms with van der Waals surface area (Å²) in [5.74, 6) is -0.302. The highest BCUT2D eigenvalue weighted by Crippen LogP contribution is 2.29. The third kappa shape index (κ3) is 2.91. The van der Waals surface area contributed by atoms with E-state index in [1.165, 1.54) is 6.07 Å². The van der Waals surface area contributed by atoms with Gasteiger partial charge in [-0.25, -0.2) is 9.07 Å². The van der Waals surface area contributed by atoms with E-state index in [1.54, 1.807) is 35.0 Å². The molecule has 0 unspecified atom stereocenters. The lowest BCUT2D eigenvalue weighted by molar-refractivity contribution is 0.630. The van der Waals surface area contributed by atoms with Gasteiger partial charge in [0.25, 0.3) is 0 Å². The number of halogens is 4. The highest BCUT2D eigenvalue weighted by Gasteiger charge is 2.15. The summed E-state index contributed by atoms with van der Waals surface area (Å²) in [5.41, 5.74) is 2.71. The molecule has 0 aliphatic heterocycles. The minimum atomic E-state index is -0.302. The molecule has 0 atom stereocenters. The maximum atomic E-state index is 14.0. The number of benzene rings is 2. The zero-order chi connectivity index (χ0) is 15.7. The van der Waals surface area contributed by atoms with Gasteiger partial charge in [0.15, 0.2) is 0 Å². The SMILES string of the molecule is Fc1ccccc1-c1nn(-c2ccc(Cl)c(Cl)c2)cc1CBr. The van der Waals surface area contributed by atoms with E-state index < -0.39 is 0 Å². The van der Waals surface area contributed by atoms with Gasteiger partial charge in [-0.3, -0.25) is 0 Å². The zero-order valence-corrected chi connectivity index (χ0v) is 14.3. The summed E-state index contributed by atoms with van der Waals surface area (Å²) in [4.78, 5) is 0. The van der Waals surface area contributed by atoms with Crippen molar-refractivity contribution < 1.29 is 4.39 Å². The number of rotatable bonds is 3. The van der Waals surface area contributed by atoms with Gasteiger partial charge in [0.2, 0.25) is 0 Å². The van der Waals surface area contributed by atoms with Gasteiger partial charge in [0.05, 0.1) is 21.4 Å². The molecular formula is C16H10BrCl2FN2. The Kier molecular flexibility index (Phi) is 4.52. The molecule has 112 valence electrons. The molecule has 0 aliphatic carbocycles. The molecule has 0 amide bonds. The van der Waals surface area contributed by atoms with E-state index in [9.17, 15) is 4.39 Å². The Hall–Kier alpha value is -1.36. The number of hydrogen-bond acceptors (Lipinski definition) is 1. The monoisotopic (exact) mass is 398 g/mol. The lowest BCUT2D eigenvalue weighted by Gasteiger charge is -2.03. The Bertz CT molecular complexity index is 833. The smallest absolute Gasteiger partial charge is 0.132 e. The van der Waals surface area contributed by atoms with Crippen LogP contribution in [-0.4, -0.2) is 9.78 Å². The minimum Gasteiger partial charge on any atom is -0.240 e. The van der Waals surface area contributed by atoms with Crippen LogP contribution in [0.5, 0.6) is 0 Å². The summed E-state index contributed by atoms with van der Waals surface area (Å²) in [6, 6.07) is 11.8. The van der Waals surface area contributed by atoms with Crippen LogP contribution in [0.1, 0.15) is 5.56 Å². The topological polar surface area (TPSA) is 17.8 Å². The molecule has 3 rings (SSSR count). The van der Waals surface area contributed by atoms with Crippen LogP contribution in [0.3, 0.4) is 0 Å². The molecule has 1 heterocycles. The highest BCUT2D eigenvalue weighted by molar-refractivity contribution is 9.08. The lowest BCUT2D eigenvalue weighted by Crippen LogP contribution is -1.95. The molecule has 0 bridgehead atoms. The molecule has 0 saturated carbocycles. The molecule has 1 aromatic heterocycles. The first kappa shape index (κ1) is 15.5. The van der Waals surface area contributed by atoms with Crippen molar-refractivity contribution in [3.63, 3.8) is 0 Å². The number of alkyl halides is 1. The summed E-state index contributed by atoms with van der Waals surface area (Å²) in [7, 11) is 0.